The van der Waals surface area contributed by atoms with Crippen molar-refractivity contribution in [1.29, 1.82) is 0 Å². The average Bonchev–Trinajstić information content (AvgIpc) is 2.68. The summed E-state index contributed by atoms with van der Waals surface area (Å²) in [4.78, 5) is 20.3. The third-order valence-electron chi connectivity index (χ3n) is 3.63. The zero-order chi connectivity index (χ0) is 18.2. The van der Waals surface area contributed by atoms with E-state index in [1.807, 2.05) is 49.4 Å². The molecule has 6 nitrogen and oxygen atoms in total. The first-order valence-electron chi connectivity index (χ1n) is 8.27. The highest BCUT2D eigenvalue weighted by molar-refractivity contribution is 5.91. The van der Waals surface area contributed by atoms with E-state index in [2.05, 4.69) is 20.6 Å². The number of aromatic nitrogens is 2. The number of hydrogen-bond donors (Lipinski definition) is 2. The molecule has 0 radical (unpaired) electrons. The Labute approximate surface area is 152 Å². The van der Waals surface area contributed by atoms with Crippen LogP contribution >= 0.6 is 0 Å². The van der Waals surface area contributed by atoms with E-state index in [1.165, 1.54) is 0 Å². The number of ether oxygens (including phenoxy) is 1. The predicted molar refractivity (Wildman–Crippen MR) is 101 cm³/mol. The van der Waals surface area contributed by atoms with Crippen LogP contribution in [0.2, 0.25) is 0 Å². The minimum atomic E-state index is -0.233. The van der Waals surface area contributed by atoms with E-state index >= 15 is 0 Å². The van der Waals surface area contributed by atoms with Gasteiger partial charge in [0.2, 0.25) is 0 Å². The van der Waals surface area contributed by atoms with Crippen LogP contribution in [0.15, 0.2) is 67.1 Å². The fraction of sp³-hybridized carbons (Fsp3) is 0.150. The fourth-order valence-corrected chi connectivity index (χ4v) is 2.25. The van der Waals surface area contributed by atoms with Crippen LogP contribution in [0.4, 0.5) is 11.5 Å². The maximum absolute atomic E-state index is 12.0. The van der Waals surface area contributed by atoms with Crippen molar-refractivity contribution in [2.75, 3.05) is 17.2 Å². The molecule has 0 saturated heterocycles. The van der Waals surface area contributed by atoms with Crippen molar-refractivity contribution < 1.29 is 9.53 Å². The van der Waals surface area contributed by atoms with Crippen LogP contribution in [0.1, 0.15) is 11.1 Å². The lowest BCUT2D eigenvalue weighted by Crippen LogP contribution is -2.20. The Balaban J connectivity index is 1.45. The van der Waals surface area contributed by atoms with Gasteiger partial charge < -0.3 is 15.4 Å². The number of benzene rings is 1. The van der Waals surface area contributed by atoms with Crippen molar-refractivity contribution in [1.82, 2.24) is 9.97 Å². The molecule has 0 spiro atoms. The molecule has 0 aliphatic heterocycles. The van der Waals surface area contributed by atoms with Crippen molar-refractivity contribution in [3.63, 3.8) is 0 Å². The molecule has 0 aliphatic rings. The number of anilines is 2. The van der Waals surface area contributed by atoms with Crippen LogP contribution in [0.25, 0.3) is 0 Å². The molecule has 1 amide bonds. The van der Waals surface area contributed by atoms with Crippen LogP contribution in [0.3, 0.4) is 0 Å². The lowest BCUT2D eigenvalue weighted by molar-refractivity contribution is -0.118. The van der Waals surface area contributed by atoms with Crippen molar-refractivity contribution in [3.05, 3.63) is 78.2 Å². The summed E-state index contributed by atoms with van der Waals surface area (Å²) in [6, 6.07) is 15.0. The van der Waals surface area contributed by atoms with E-state index in [4.69, 9.17) is 4.74 Å². The molecule has 2 aromatic heterocycles. The summed E-state index contributed by atoms with van der Waals surface area (Å²) >= 11 is 0. The van der Waals surface area contributed by atoms with Gasteiger partial charge in [0.05, 0.1) is 11.9 Å². The molecule has 1 aromatic carbocycles. The molecule has 0 saturated carbocycles. The van der Waals surface area contributed by atoms with E-state index < -0.39 is 0 Å². The minimum Gasteiger partial charge on any atom is -0.484 e. The second kappa shape index (κ2) is 8.62. The Kier molecular flexibility index (Phi) is 5.77. The number of amides is 1. The van der Waals surface area contributed by atoms with Crippen LogP contribution < -0.4 is 15.4 Å². The molecule has 6 heteroatoms. The Morgan fingerprint density at radius 1 is 1.08 bits per heavy atom. The van der Waals surface area contributed by atoms with Crippen molar-refractivity contribution in [2.45, 2.75) is 13.5 Å². The highest BCUT2D eigenvalue weighted by Gasteiger charge is 2.04. The lowest BCUT2D eigenvalue weighted by atomic mass is 10.2. The zero-order valence-corrected chi connectivity index (χ0v) is 14.5. The number of aryl methyl sites for hydroxylation is 1. The molecule has 0 aliphatic carbocycles. The minimum absolute atomic E-state index is 0.0515. The quantitative estimate of drug-likeness (QED) is 0.684. The Morgan fingerprint density at radius 3 is 2.62 bits per heavy atom. The molecule has 0 atom stereocenters. The fourth-order valence-electron chi connectivity index (χ4n) is 2.25. The van der Waals surface area contributed by atoms with Crippen LogP contribution in [-0.4, -0.2) is 22.5 Å². The lowest BCUT2D eigenvalue weighted by Gasteiger charge is -2.09. The first-order chi connectivity index (χ1) is 12.7. The number of nitrogens with zero attached hydrogens (tertiary/aromatic N) is 2. The molecule has 3 rings (SSSR count). The van der Waals surface area contributed by atoms with Gasteiger partial charge in [0.1, 0.15) is 11.6 Å². The number of nitrogens with one attached hydrogen (secondary N) is 2. The maximum atomic E-state index is 12.0. The summed E-state index contributed by atoms with van der Waals surface area (Å²) in [5, 5.41) is 5.96. The van der Waals surface area contributed by atoms with Crippen molar-refractivity contribution >= 4 is 17.4 Å². The number of hydrogen-bond acceptors (Lipinski definition) is 5. The maximum Gasteiger partial charge on any atom is 0.262 e. The van der Waals surface area contributed by atoms with E-state index in [0.717, 1.165) is 16.9 Å². The smallest absolute Gasteiger partial charge is 0.262 e. The van der Waals surface area contributed by atoms with E-state index in [0.29, 0.717) is 18.0 Å². The summed E-state index contributed by atoms with van der Waals surface area (Å²) in [5.41, 5.74) is 2.83. The standard InChI is InChI=1S/C20H20N4O2/c1-15-4-7-18(8-5-15)26-14-20(25)24-17-6-9-19(23-13-17)22-12-16-3-2-10-21-11-16/h2-11,13H,12,14H2,1H3,(H,22,23)(H,24,25). The van der Waals surface area contributed by atoms with Crippen LogP contribution in [0, 0.1) is 6.92 Å². The Bertz CT molecular complexity index is 834. The third-order valence-corrected chi connectivity index (χ3v) is 3.63. The first-order valence-corrected chi connectivity index (χ1v) is 8.27. The molecular weight excluding hydrogens is 328 g/mol. The van der Waals surface area contributed by atoms with Gasteiger partial charge in [0, 0.05) is 18.9 Å². The number of carbonyl (C=O) groups is 1. The van der Waals surface area contributed by atoms with Crippen molar-refractivity contribution in [2.24, 2.45) is 0 Å². The third kappa shape index (κ3) is 5.31. The summed E-state index contributed by atoms with van der Waals surface area (Å²) in [6.07, 6.45) is 5.15. The van der Waals surface area contributed by atoms with E-state index in [1.54, 1.807) is 24.7 Å². The molecule has 26 heavy (non-hydrogen) atoms. The van der Waals surface area contributed by atoms with Gasteiger partial charge >= 0.3 is 0 Å². The Morgan fingerprint density at radius 2 is 1.92 bits per heavy atom. The van der Waals surface area contributed by atoms with Gasteiger partial charge in [0.15, 0.2) is 6.61 Å². The first kappa shape index (κ1) is 17.4. The SMILES string of the molecule is Cc1ccc(OCC(=O)Nc2ccc(NCc3cccnc3)nc2)cc1. The van der Waals surface area contributed by atoms with Gasteiger partial charge in [-0.3, -0.25) is 9.78 Å². The summed E-state index contributed by atoms with van der Waals surface area (Å²) < 4.78 is 5.46. The highest BCUT2D eigenvalue weighted by Crippen LogP contribution is 2.13. The molecule has 0 bridgehead atoms. The predicted octanol–water partition coefficient (Wildman–Crippen LogP) is 3.41. The normalized spacial score (nSPS) is 10.2. The van der Waals surface area contributed by atoms with Crippen LogP contribution in [0.5, 0.6) is 5.75 Å². The number of pyridine rings is 2. The molecule has 3 aromatic rings. The molecule has 2 heterocycles. The molecular formula is C20H20N4O2. The summed E-state index contributed by atoms with van der Waals surface area (Å²) in [7, 11) is 0. The van der Waals surface area contributed by atoms with Crippen LogP contribution in [-0.2, 0) is 11.3 Å². The van der Waals surface area contributed by atoms with E-state index in [9.17, 15) is 4.79 Å². The second-order valence-electron chi connectivity index (χ2n) is 5.80. The largest absolute Gasteiger partial charge is 0.484 e. The van der Waals surface area contributed by atoms with Gasteiger partial charge in [-0.2, -0.15) is 0 Å². The monoisotopic (exact) mass is 348 g/mol. The number of rotatable bonds is 7. The molecule has 132 valence electrons. The van der Waals surface area contributed by atoms with Gasteiger partial charge in [0.25, 0.3) is 5.91 Å². The van der Waals surface area contributed by atoms with Gasteiger partial charge in [-0.15, -0.1) is 0 Å². The molecule has 0 fully saturated rings. The van der Waals surface area contributed by atoms with Gasteiger partial charge in [-0.05, 0) is 42.8 Å². The topological polar surface area (TPSA) is 76.1 Å². The zero-order valence-electron chi connectivity index (χ0n) is 14.5. The highest BCUT2D eigenvalue weighted by atomic mass is 16.5. The van der Waals surface area contributed by atoms with Gasteiger partial charge in [-0.1, -0.05) is 23.8 Å². The summed E-state index contributed by atoms with van der Waals surface area (Å²) in [5.74, 6) is 1.16. The number of carbonyl (C=O) groups excluding carboxylic acids is 1. The average molecular weight is 348 g/mol. The second-order valence-corrected chi connectivity index (χ2v) is 5.80. The van der Waals surface area contributed by atoms with Gasteiger partial charge in [-0.25, -0.2) is 4.98 Å². The Hall–Kier alpha value is -3.41. The molecule has 0 unspecified atom stereocenters. The molecule has 2 N–H and O–H groups in total. The van der Waals surface area contributed by atoms with E-state index in [-0.39, 0.29) is 12.5 Å². The summed E-state index contributed by atoms with van der Waals surface area (Å²) in [6.45, 7) is 2.58. The van der Waals surface area contributed by atoms with Crippen molar-refractivity contribution in [3.8, 4) is 5.75 Å².